The Bertz CT molecular complexity index is 558. The van der Waals surface area contributed by atoms with E-state index < -0.39 is 33.8 Å². The third kappa shape index (κ3) is 4.36. The van der Waals surface area contributed by atoms with Crippen molar-refractivity contribution in [2.45, 2.75) is 11.3 Å². The number of carbonyl (C=O) groups is 2. The molecule has 0 aliphatic rings. The Balaban J connectivity index is 2.80. The predicted molar refractivity (Wildman–Crippen MR) is 66.7 cm³/mol. The fraction of sp³-hybridized carbons (Fsp3) is 0.333. The zero-order valence-corrected chi connectivity index (χ0v) is 11.4. The lowest BCUT2D eigenvalue weighted by Crippen LogP contribution is -2.19. The van der Waals surface area contributed by atoms with Gasteiger partial charge in [0.25, 0.3) is 0 Å². The summed E-state index contributed by atoms with van der Waals surface area (Å²) in [4.78, 5) is 22.3. The van der Waals surface area contributed by atoms with E-state index in [0.29, 0.717) is 5.75 Å². The van der Waals surface area contributed by atoms with Crippen LogP contribution in [0.1, 0.15) is 6.42 Å². The molecule has 0 aliphatic heterocycles. The summed E-state index contributed by atoms with van der Waals surface area (Å²) in [6.07, 6.45) is -0.550. The number of ether oxygens (including phenoxy) is 2. The first-order valence-electron chi connectivity index (χ1n) is 5.34. The average Bonchev–Trinajstić information content (AvgIpc) is 2.37. The van der Waals surface area contributed by atoms with Gasteiger partial charge >= 0.3 is 5.97 Å². The van der Waals surface area contributed by atoms with Gasteiger partial charge in [-0.1, -0.05) is 0 Å². The minimum absolute atomic E-state index is 0.00603. The van der Waals surface area contributed by atoms with Crippen LogP contribution < -0.4 is 4.74 Å². The van der Waals surface area contributed by atoms with Gasteiger partial charge in [0.05, 0.1) is 19.1 Å². The number of hydrogen-bond acceptors (Lipinski definition) is 6. The monoisotopic (exact) mass is 286 g/mol. The highest BCUT2D eigenvalue weighted by molar-refractivity contribution is 7.92. The van der Waals surface area contributed by atoms with Crippen molar-refractivity contribution in [2.24, 2.45) is 0 Å². The van der Waals surface area contributed by atoms with Crippen molar-refractivity contribution in [1.29, 1.82) is 0 Å². The van der Waals surface area contributed by atoms with E-state index in [0.717, 1.165) is 7.11 Å². The van der Waals surface area contributed by atoms with Gasteiger partial charge in [0, 0.05) is 0 Å². The number of benzene rings is 1. The molecule has 0 fully saturated rings. The molecule has 7 heteroatoms. The smallest absolute Gasteiger partial charge is 0.313 e. The van der Waals surface area contributed by atoms with E-state index in [4.69, 9.17) is 4.74 Å². The lowest BCUT2D eigenvalue weighted by molar-refractivity contribution is -0.142. The maximum Gasteiger partial charge on any atom is 0.313 e. The first-order chi connectivity index (χ1) is 8.89. The first kappa shape index (κ1) is 15.2. The molecule has 0 spiro atoms. The molecule has 0 saturated carbocycles. The minimum Gasteiger partial charge on any atom is -0.497 e. The van der Waals surface area contributed by atoms with Crippen molar-refractivity contribution >= 4 is 21.6 Å². The Morgan fingerprint density at radius 1 is 1.11 bits per heavy atom. The van der Waals surface area contributed by atoms with Gasteiger partial charge in [0.2, 0.25) is 0 Å². The maximum absolute atomic E-state index is 11.9. The van der Waals surface area contributed by atoms with Crippen LogP contribution in [0.3, 0.4) is 0 Å². The van der Waals surface area contributed by atoms with Crippen molar-refractivity contribution in [3.05, 3.63) is 24.3 Å². The third-order valence-electron chi connectivity index (χ3n) is 2.34. The molecule has 0 bridgehead atoms. The summed E-state index contributed by atoms with van der Waals surface area (Å²) in [5, 5.41) is 0. The van der Waals surface area contributed by atoms with E-state index in [2.05, 4.69) is 4.74 Å². The number of ketones is 1. The van der Waals surface area contributed by atoms with Crippen molar-refractivity contribution in [1.82, 2.24) is 0 Å². The Hall–Kier alpha value is -1.89. The predicted octanol–water partition coefficient (Wildman–Crippen LogP) is 0.601. The lowest BCUT2D eigenvalue weighted by Gasteiger charge is -2.05. The number of rotatable bonds is 6. The van der Waals surface area contributed by atoms with Crippen LogP contribution in [-0.4, -0.2) is 40.1 Å². The quantitative estimate of drug-likeness (QED) is 0.562. The zero-order chi connectivity index (χ0) is 14.5. The summed E-state index contributed by atoms with van der Waals surface area (Å²) in [5.74, 6) is -1.67. The second-order valence-electron chi connectivity index (χ2n) is 3.73. The topological polar surface area (TPSA) is 86.7 Å². The SMILES string of the molecule is COC(=O)CC(=O)CS(=O)(=O)c1ccc(OC)cc1. The van der Waals surface area contributed by atoms with Crippen molar-refractivity contribution in [3.8, 4) is 5.75 Å². The molecule has 1 rings (SSSR count). The van der Waals surface area contributed by atoms with Gasteiger partial charge < -0.3 is 9.47 Å². The number of sulfone groups is 1. The van der Waals surface area contributed by atoms with Crippen LogP contribution >= 0.6 is 0 Å². The molecular formula is C12H14O6S. The second kappa shape index (κ2) is 6.33. The summed E-state index contributed by atoms with van der Waals surface area (Å²) in [5.41, 5.74) is 0. The van der Waals surface area contributed by atoms with Crippen molar-refractivity contribution < 1.29 is 27.5 Å². The Kier molecular flexibility index (Phi) is 5.05. The molecule has 0 amide bonds. The van der Waals surface area contributed by atoms with Crippen LogP contribution in [0.15, 0.2) is 29.2 Å². The molecule has 0 unspecified atom stereocenters. The van der Waals surface area contributed by atoms with Crippen LogP contribution in [0.4, 0.5) is 0 Å². The van der Waals surface area contributed by atoms with Gasteiger partial charge in [0.1, 0.15) is 17.9 Å². The highest BCUT2D eigenvalue weighted by atomic mass is 32.2. The van der Waals surface area contributed by atoms with Gasteiger partial charge in [-0.15, -0.1) is 0 Å². The molecule has 0 atom stereocenters. The molecule has 0 aromatic heterocycles. The Morgan fingerprint density at radius 2 is 1.68 bits per heavy atom. The van der Waals surface area contributed by atoms with Crippen LogP contribution in [0, 0.1) is 0 Å². The zero-order valence-electron chi connectivity index (χ0n) is 10.6. The fourth-order valence-corrected chi connectivity index (χ4v) is 2.61. The number of esters is 1. The average molecular weight is 286 g/mol. The molecule has 0 saturated heterocycles. The van der Waals surface area contributed by atoms with Gasteiger partial charge in [0.15, 0.2) is 15.6 Å². The molecule has 1 aromatic carbocycles. The van der Waals surface area contributed by atoms with E-state index in [1.54, 1.807) is 0 Å². The molecule has 104 valence electrons. The van der Waals surface area contributed by atoms with Gasteiger partial charge in [-0.2, -0.15) is 0 Å². The molecule has 0 aliphatic carbocycles. The molecule has 19 heavy (non-hydrogen) atoms. The highest BCUT2D eigenvalue weighted by Crippen LogP contribution is 2.17. The van der Waals surface area contributed by atoms with Crippen LogP contribution in [0.2, 0.25) is 0 Å². The van der Waals surface area contributed by atoms with E-state index in [1.807, 2.05) is 0 Å². The van der Waals surface area contributed by atoms with E-state index in [-0.39, 0.29) is 4.90 Å². The summed E-state index contributed by atoms with van der Waals surface area (Å²) in [6.45, 7) is 0. The van der Waals surface area contributed by atoms with Crippen LogP contribution in [-0.2, 0) is 24.2 Å². The van der Waals surface area contributed by atoms with Crippen molar-refractivity contribution in [3.63, 3.8) is 0 Å². The Labute approximate surface area is 111 Å². The van der Waals surface area contributed by atoms with Gasteiger partial charge in [-0.25, -0.2) is 8.42 Å². The lowest BCUT2D eigenvalue weighted by atomic mass is 10.3. The van der Waals surface area contributed by atoms with Crippen molar-refractivity contribution in [2.75, 3.05) is 20.0 Å². The molecule has 0 N–H and O–H groups in total. The molecular weight excluding hydrogens is 272 g/mol. The summed E-state index contributed by atoms with van der Waals surface area (Å²) >= 11 is 0. The maximum atomic E-state index is 11.9. The number of methoxy groups -OCH3 is 2. The molecule has 0 heterocycles. The highest BCUT2D eigenvalue weighted by Gasteiger charge is 2.21. The van der Waals surface area contributed by atoms with E-state index >= 15 is 0 Å². The summed E-state index contributed by atoms with van der Waals surface area (Å²) in [7, 11) is -1.16. The normalized spacial score (nSPS) is 10.8. The number of carbonyl (C=O) groups excluding carboxylic acids is 2. The Morgan fingerprint density at radius 3 is 2.16 bits per heavy atom. The third-order valence-corrected chi connectivity index (χ3v) is 4.03. The number of hydrogen-bond donors (Lipinski definition) is 0. The second-order valence-corrected chi connectivity index (χ2v) is 5.72. The minimum atomic E-state index is -3.75. The molecule has 0 radical (unpaired) electrons. The number of Topliss-reactive ketones (excluding diaryl/α,β-unsaturated/α-hetero) is 1. The van der Waals surface area contributed by atoms with Crippen LogP contribution in [0.25, 0.3) is 0 Å². The fourth-order valence-electron chi connectivity index (χ4n) is 1.36. The molecule has 1 aromatic rings. The molecule has 6 nitrogen and oxygen atoms in total. The van der Waals surface area contributed by atoms with Gasteiger partial charge in [-0.3, -0.25) is 9.59 Å². The first-order valence-corrected chi connectivity index (χ1v) is 6.99. The van der Waals surface area contributed by atoms with Crippen LogP contribution in [0.5, 0.6) is 5.75 Å². The van der Waals surface area contributed by atoms with E-state index in [1.165, 1.54) is 31.4 Å². The largest absolute Gasteiger partial charge is 0.497 e. The standard InChI is InChI=1S/C12H14O6S/c1-17-10-3-5-11(6-4-10)19(15,16)8-9(13)7-12(14)18-2/h3-6H,7-8H2,1-2H3. The van der Waals surface area contributed by atoms with E-state index in [9.17, 15) is 18.0 Å². The summed E-state index contributed by atoms with van der Waals surface area (Å²) < 4.78 is 33.0. The van der Waals surface area contributed by atoms with Gasteiger partial charge in [-0.05, 0) is 24.3 Å². The summed E-state index contributed by atoms with van der Waals surface area (Å²) in [6, 6.07) is 5.66.